The van der Waals surface area contributed by atoms with E-state index in [0.29, 0.717) is 19.6 Å². The SMILES string of the molecule is CN(Cc1cccc(NC(=O)CC2COCCN2)c1)Cc1cscn1. The maximum Gasteiger partial charge on any atom is 0.226 e. The van der Waals surface area contributed by atoms with E-state index in [2.05, 4.69) is 39.0 Å². The van der Waals surface area contributed by atoms with Crippen LogP contribution in [0.5, 0.6) is 0 Å². The molecule has 2 heterocycles. The molecule has 0 aliphatic carbocycles. The summed E-state index contributed by atoms with van der Waals surface area (Å²) >= 11 is 1.61. The molecule has 1 aliphatic rings. The van der Waals surface area contributed by atoms with Crippen LogP contribution in [-0.2, 0) is 22.6 Å². The van der Waals surface area contributed by atoms with Gasteiger partial charge in [0.2, 0.25) is 5.91 Å². The summed E-state index contributed by atoms with van der Waals surface area (Å²) in [7, 11) is 2.07. The van der Waals surface area contributed by atoms with E-state index in [9.17, 15) is 4.79 Å². The number of hydrogen-bond acceptors (Lipinski definition) is 6. The van der Waals surface area contributed by atoms with Crippen LogP contribution in [-0.4, -0.2) is 48.6 Å². The van der Waals surface area contributed by atoms with Gasteiger partial charge in [-0.1, -0.05) is 12.1 Å². The maximum absolute atomic E-state index is 12.2. The third-order valence-electron chi connectivity index (χ3n) is 4.01. The van der Waals surface area contributed by atoms with Crippen molar-refractivity contribution in [3.05, 3.63) is 46.4 Å². The van der Waals surface area contributed by atoms with Crippen LogP contribution in [0, 0.1) is 0 Å². The lowest BCUT2D eigenvalue weighted by Crippen LogP contribution is -2.43. The Balaban J connectivity index is 1.51. The normalized spacial score (nSPS) is 17.6. The van der Waals surface area contributed by atoms with Crippen molar-refractivity contribution in [1.82, 2.24) is 15.2 Å². The summed E-state index contributed by atoms with van der Waals surface area (Å²) in [4.78, 5) is 18.7. The highest BCUT2D eigenvalue weighted by molar-refractivity contribution is 7.07. The minimum Gasteiger partial charge on any atom is -0.378 e. The van der Waals surface area contributed by atoms with Crippen molar-refractivity contribution in [3.8, 4) is 0 Å². The van der Waals surface area contributed by atoms with Gasteiger partial charge in [-0.15, -0.1) is 11.3 Å². The van der Waals surface area contributed by atoms with Crippen LogP contribution >= 0.6 is 11.3 Å². The Hall–Kier alpha value is -1.80. The molecule has 1 unspecified atom stereocenters. The van der Waals surface area contributed by atoms with Gasteiger partial charge in [0.1, 0.15) is 0 Å². The molecule has 1 aliphatic heterocycles. The number of carbonyl (C=O) groups is 1. The number of nitrogens with one attached hydrogen (secondary N) is 2. The van der Waals surface area contributed by atoms with Crippen LogP contribution in [0.15, 0.2) is 35.2 Å². The average Bonchev–Trinajstić information content (AvgIpc) is 3.08. The quantitative estimate of drug-likeness (QED) is 0.791. The van der Waals surface area contributed by atoms with Crippen LogP contribution in [0.2, 0.25) is 0 Å². The number of amides is 1. The number of hydrogen-bond donors (Lipinski definition) is 2. The van der Waals surface area contributed by atoms with E-state index in [4.69, 9.17) is 4.74 Å². The smallest absolute Gasteiger partial charge is 0.226 e. The highest BCUT2D eigenvalue weighted by Crippen LogP contribution is 2.14. The second-order valence-corrected chi connectivity index (χ2v) is 7.05. The van der Waals surface area contributed by atoms with Crippen molar-refractivity contribution < 1.29 is 9.53 Å². The number of thiazole rings is 1. The molecular weight excluding hydrogens is 336 g/mol. The number of nitrogens with zero attached hydrogens (tertiary/aromatic N) is 2. The Morgan fingerprint density at radius 2 is 2.40 bits per heavy atom. The molecule has 1 aromatic heterocycles. The molecule has 3 rings (SSSR count). The third kappa shape index (κ3) is 5.89. The van der Waals surface area contributed by atoms with E-state index in [0.717, 1.165) is 36.6 Å². The fraction of sp³-hybridized carbons (Fsp3) is 0.444. The number of benzene rings is 1. The highest BCUT2D eigenvalue weighted by atomic mass is 32.1. The van der Waals surface area contributed by atoms with Gasteiger partial charge in [-0.3, -0.25) is 9.69 Å². The standard InChI is InChI=1S/C18H24N4O2S/c1-22(10-17-12-25-13-20-17)9-14-3-2-4-15(7-14)21-18(23)8-16-11-24-6-5-19-16/h2-4,7,12-13,16,19H,5-6,8-11H2,1H3,(H,21,23). The zero-order chi connectivity index (χ0) is 17.5. The fourth-order valence-corrected chi connectivity index (χ4v) is 3.44. The Bertz CT molecular complexity index is 671. The first-order valence-corrected chi connectivity index (χ1v) is 9.39. The Morgan fingerprint density at radius 3 is 3.16 bits per heavy atom. The molecule has 0 spiro atoms. The minimum atomic E-state index is 0.0102. The molecular formula is C18H24N4O2S. The van der Waals surface area contributed by atoms with Gasteiger partial charge >= 0.3 is 0 Å². The number of carbonyl (C=O) groups excluding carboxylic acids is 1. The first-order chi connectivity index (χ1) is 12.2. The third-order valence-corrected chi connectivity index (χ3v) is 4.64. The lowest BCUT2D eigenvalue weighted by molar-refractivity contribution is -0.117. The molecule has 1 amide bonds. The molecule has 0 radical (unpaired) electrons. The molecule has 1 aromatic carbocycles. The van der Waals surface area contributed by atoms with Crippen LogP contribution in [0.3, 0.4) is 0 Å². The molecule has 2 N–H and O–H groups in total. The molecule has 7 heteroatoms. The summed E-state index contributed by atoms with van der Waals surface area (Å²) < 4.78 is 5.39. The molecule has 2 aromatic rings. The fourth-order valence-electron chi connectivity index (χ4n) is 2.89. The van der Waals surface area contributed by atoms with Gasteiger partial charge in [0, 0.05) is 43.2 Å². The second-order valence-electron chi connectivity index (χ2n) is 6.33. The summed E-state index contributed by atoms with van der Waals surface area (Å²) in [6, 6.07) is 8.10. The maximum atomic E-state index is 12.2. The number of anilines is 1. The molecule has 6 nitrogen and oxygen atoms in total. The number of aromatic nitrogens is 1. The van der Waals surface area contributed by atoms with Crippen LogP contribution in [0.25, 0.3) is 0 Å². The van der Waals surface area contributed by atoms with E-state index >= 15 is 0 Å². The van der Waals surface area contributed by atoms with Crippen LogP contribution in [0.1, 0.15) is 17.7 Å². The zero-order valence-corrected chi connectivity index (χ0v) is 15.2. The molecule has 25 heavy (non-hydrogen) atoms. The Labute approximate surface area is 152 Å². The Kier molecular flexibility index (Phi) is 6.52. The minimum absolute atomic E-state index is 0.0102. The van der Waals surface area contributed by atoms with Gasteiger partial charge in [0.15, 0.2) is 0 Å². The van der Waals surface area contributed by atoms with Crippen molar-refractivity contribution in [3.63, 3.8) is 0 Å². The van der Waals surface area contributed by atoms with Gasteiger partial charge in [-0.25, -0.2) is 4.98 Å². The Morgan fingerprint density at radius 1 is 1.48 bits per heavy atom. The molecule has 0 bridgehead atoms. The van der Waals surface area contributed by atoms with Crippen molar-refractivity contribution in [2.75, 3.05) is 32.1 Å². The first-order valence-electron chi connectivity index (χ1n) is 8.44. The summed E-state index contributed by atoms with van der Waals surface area (Å²) in [6.07, 6.45) is 0.425. The van der Waals surface area contributed by atoms with Gasteiger partial charge < -0.3 is 15.4 Å². The molecule has 0 saturated carbocycles. The number of morpholine rings is 1. The topological polar surface area (TPSA) is 66.5 Å². The predicted molar refractivity (Wildman–Crippen MR) is 99.6 cm³/mol. The van der Waals surface area contributed by atoms with Gasteiger partial charge in [-0.05, 0) is 24.7 Å². The van der Waals surface area contributed by atoms with Gasteiger partial charge in [0.05, 0.1) is 24.4 Å². The lowest BCUT2D eigenvalue weighted by Gasteiger charge is -2.23. The number of ether oxygens (including phenoxy) is 1. The molecule has 134 valence electrons. The summed E-state index contributed by atoms with van der Waals surface area (Å²) in [5, 5.41) is 8.35. The van der Waals surface area contributed by atoms with Gasteiger partial charge in [-0.2, -0.15) is 0 Å². The van der Waals surface area contributed by atoms with E-state index < -0.39 is 0 Å². The highest BCUT2D eigenvalue weighted by Gasteiger charge is 2.17. The van der Waals surface area contributed by atoms with E-state index in [-0.39, 0.29) is 11.9 Å². The number of rotatable bonds is 7. The second kappa shape index (κ2) is 9.05. The lowest BCUT2D eigenvalue weighted by atomic mass is 10.1. The molecule has 1 saturated heterocycles. The monoisotopic (exact) mass is 360 g/mol. The molecule has 1 fully saturated rings. The largest absolute Gasteiger partial charge is 0.378 e. The van der Waals surface area contributed by atoms with Crippen molar-refractivity contribution in [1.29, 1.82) is 0 Å². The van der Waals surface area contributed by atoms with E-state index in [1.165, 1.54) is 0 Å². The summed E-state index contributed by atoms with van der Waals surface area (Å²) in [6.45, 7) is 3.73. The van der Waals surface area contributed by atoms with Crippen molar-refractivity contribution >= 4 is 22.9 Å². The first kappa shape index (κ1) is 18.0. The van der Waals surface area contributed by atoms with E-state index in [1.807, 2.05) is 23.7 Å². The van der Waals surface area contributed by atoms with Crippen molar-refractivity contribution in [2.45, 2.75) is 25.6 Å². The summed E-state index contributed by atoms with van der Waals surface area (Å²) in [5.74, 6) is 0.0102. The average molecular weight is 360 g/mol. The van der Waals surface area contributed by atoms with E-state index in [1.54, 1.807) is 11.3 Å². The van der Waals surface area contributed by atoms with Crippen LogP contribution in [0.4, 0.5) is 5.69 Å². The van der Waals surface area contributed by atoms with Crippen LogP contribution < -0.4 is 10.6 Å². The zero-order valence-electron chi connectivity index (χ0n) is 14.4. The van der Waals surface area contributed by atoms with Crippen molar-refractivity contribution in [2.24, 2.45) is 0 Å². The predicted octanol–water partition coefficient (Wildman–Crippen LogP) is 2.09. The van der Waals surface area contributed by atoms with Gasteiger partial charge in [0.25, 0.3) is 0 Å². The molecule has 1 atom stereocenters. The summed E-state index contributed by atoms with van der Waals surface area (Å²) in [5.41, 5.74) is 4.93.